The van der Waals surface area contributed by atoms with E-state index in [1.807, 2.05) is 85.8 Å². The van der Waals surface area contributed by atoms with Crippen molar-refractivity contribution in [3.63, 3.8) is 0 Å². The van der Waals surface area contributed by atoms with Gasteiger partial charge in [-0.2, -0.15) is 0 Å². The van der Waals surface area contributed by atoms with Gasteiger partial charge >= 0.3 is 0 Å². The lowest BCUT2D eigenvalue weighted by molar-refractivity contribution is 0.412. The number of hydrogen-bond acceptors (Lipinski definition) is 5. The third-order valence-electron chi connectivity index (χ3n) is 4.47. The topological polar surface area (TPSA) is 56.3 Å². The molecule has 0 fully saturated rings. The lowest BCUT2D eigenvalue weighted by Crippen LogP contribution is -1.97. The Morgan fingerprint density at radius 1 is 0.793 bits per heavy atom. The summed E-state index contributed by atoms with van der Waals surface area (Å²) in [5.41, 5.74) is 3.65. The summed E-state index contributed by atoms with van der Waals surface area (Å²) in [6, 6.07) is 25.4. The summed E-state index contributed by atoms with van der Waals surface area (Å²) in [7, 11) is 1.67. The molecule has 0 saturated carbocycles. The Kier molecular flexibility index (Phi) is 5.38. The van der Waals surface area contributed by atoms with Crippen LogP contribution < -0.4 is 14.8 Å². The Morgan fingerprint density at radius 2 is 1.59 bits per heavy atom. The van der Waals surface area contributed by atoms with E-state index in [0.717, 1.165) is 39.8 Å². The van der Waals surface area contributed by atoms with Crippen molar-refractivity contribution in [2.75, 3.05) is 12.4 Å². The second-order valence-corrected chi connectivity index (χ2v) is 6.51. The molecule has 0 saturated heterocycles. The average Bonchev–Trinajstić information content (AvgIpc) is 2.75. The van der Waals surface area contributed by atoms with Crippen molar-refractivity contribution < 1.29 is 9.47 Å². The number of ether oxygens (including phenoxy) is 2. The van der Waals surface area contributed by atoms with Crippen molar-refractivity contribution in [1.82, 2.24) is 9.97 Å². The monoisotopic (exact) mass is 383 g/mol. The summed E-state index contributed by atoms with van der Waals surface area (Å²) in [4.78, 5) is 8.80. The van der Waals surface area contributed by atoms with Crippen LogP contribution in [-0.4, -0.2) is 17.1 Å². The molecule has 0 amide bonds. The van der Waals surface area contributed by atoms with Crippen LogP contribution in [0.15, 0.2) is 85.2 Å². The highest BCUT2D eigenvalue weighted by atomic mass is 16.5. The molecule has 144 valence electrons. The van der Waals surface area contributed by atoms with E-state index in [2.05, 4.69) is 15.3 Å². The lowest BCUT2D eigenvalue weighted by Gasteiger charge is -2.12. The highest BCUT2D eigenvalue weighted by Gasteiger charge is 2.10. The molecule has 0 bridgehead atoms. The maximum atomic E-state index is 6.07. The van der Waals surface area contributed by atoms with Gasteiger partial charge in [0.2, 0.25) is 0 Å². The fourth-order valence-corrected chi connectivity index (χ4v) is 3.06. The highest BCUT2D eigenvalue weighted by Crippen LogP contribution is 2.33. The smallest absolute Gasteiger partial charge is 0.136 e. The summed E-state index contributed by atoms with van der Waals surface area (Å²) in [5.74, 6) is 3.07. The highest BCUT2D eigenvalue weighted by molar-refractivity contribution is 5.71. The molecule has 0 spiro atoms. The summed E-state index contributed by atoms with van der Waals surface area (Å²) < 4.78 is 11.4. The summed E-state index contributed by atoms with van der Waals surface area (Å²) >= 11 is 0. The molecule has 1 aromatic heterocycles. The average molecular weight is 383 g/mol. The Balaban J connectivity index is 1.62. The summed E-state index contributed by atoms with van der Waals surface area (Å²) in [6.45, 7) is 2.01. The van der Waals surface area contributed by atoms with Crippen LogP contribution in [0.1, 0.15) is 5.56 Å². The molecule has 1 N–H and O–H groups in total. The summed E-state index contributed by atoms with van der Waals surface area (Å²) in [6.07, 6.45) is 1.55. The Hall–Kier alpha value is -3.86. The van der Waals surface area contributed by atoms with E-state index in [4.69, 9.17) is 9.47 Å². The minimum Gasteiger partial charge on any atom is -0.496 e. The molecular weight excluding hydrogens is 362 g/mol. The van der Waals surface area contributed by atoms with Gasteiger partial charge in [-0.1, -0.05) is 30.3 Å². The van der Waals surface area contributed by atoms with Crippen LogP contribution in [0.2, 0.25) is 0 Å². The van der Waals surface area contributed by atoms with Crippen molar-refractivity contribution in [3.8, 4) is 28.5 Å². The maximum Gasteiger partial charge on any atom is 0.136 e. The fraction of sp³-hybridized carbons (Fsp3) is 0.0833. The first kappa shape index (κ1) is 18.5. The van der Waals surface area contributed by atoms with Gasteiger partial charge < -0.3 is 14.8 Å². The molecule has 0 atom stereocenters. The molecule has 5 nitrogen and oxygen atoms in total. The number of aryl methyl sites for hydroxylation is 1. The zero-order valence-electron chi connectivity index (χ0n) is 16.3. The van der Waals surface area contributed by atoms with Crippen molar-refractivity contribution >= 4 is 11.5 Å². The number of aromatic nitrogens is 2. The van der Waals surface area contributed by atoms with Gasteiger partial charge in [0.25, 0.3) is 0 Å². The molecule has 4 aromatic rings. The molecule has 0 aliphatic rings. The van der Waals surface area contributed by atoms with Crippen LogP contribution in [0, 0.1) is 6.92 Å². The number of methoxy groups -OCH3 is 1. The molecule has 5 heteroatoms. The minimum absolute atomic E-state index is 0.703. The maximum absolute atomic E-state index is 6.07. The van der Waals surface area contributed by atoms with Gasteiger partial charge in [0.1, 0.15) is 29.4 Å². The van der Waals surface area contributed by atoms with Gasteiger partial charge in [-0.05, 0) is 55.0 Å². The molecule has 4 rings (SSSR count). The number of nitrogens with one attached hydrogen (secondary N) is 1. The van der Waals surface area contributed by atoms with E-state index in [1.165, 1.54) is 0 Å². The van der Waals surface area contributed by atoms with E-state index in [9.17, 15) is 0 Å². The number of para-hydroxylation sites is 2. The van der Waals surface area contributed by atoms with Gasteiger partial charge in [0.05, 0.1) is 12.8 Å². The number of rotatable bonds is 6. The van der Waals surface area contributed by atoms with Gasteiger partial charge in [0, 0.05) is 17.3 Å². The van der Waals surface area contributed by atoms with Crippen LogP contribution in [0.4, 0.5) is 11.5 Å². The molecule has 0 aliphatic carbocycles. The van der Waals surface area contributed by atoms with Crippen molar-refractivity contribution in [1.29, 1.82) is 0 Å². The molecule has 1 heterocycles. The van der Waals surface area contributed by atoms with Gasteiger partial charge in [0.15, 0.2) is 0 Å². The number of anilines is 2. The standard InChI is InChI=1S/C24H21N3O2/c1-17-14-18(12-13-22(17)28-2)27-24-15-21(25-16-26-24)20-10-6-7-11-23(20)29-19-8-4-3-5-9-19/h3-16H,1-2H3,(H,25,26,27). The number of hydrogen-bond donors (Lipinski definition) is 1. The van der Waals surface area contributed by atoms with Crippen molar-refractivity contribution in [2.24, 2.45) is 0 Å². The Morgan fingerprint density at radius 3 is 2.38 bits per heavy atom. The number of benzene rings is 3. The van der Waals surface area contributed by atoms with Gasteiger partial charge in [-0.25, -0.2) is 9.97 Å². The van der Waals surface area contributed by atoms with E-state index in [-0.39, 0.29) is 0 Å². The van der Waals surface area contributed by atoms with E-state index in [0.29, 0.717) is 5.82 Å². The molecule has 29 heavy (non-hydrogen) atoms. The Labute approximate surface area is 170 Å². The zero-order valence-corrected chi connectivity index (χ0v) is 16.3. The SMILES string of the molecule is COc1ccc(Nc2cc(-c3ccccc3Oc3ccccc3)ncn2)cc1C. The van der Waals surface area contributed by atoms with E-state index >= 15 is 0 Å². The largest absolute Gasteiger partial charge is 0.496 e. The molecule has 3 aromatic carbocycles. The zero-order chi connectivity index (χ0) is 20.1. The molecule has 0 radical (unpaired) electrons. The first-order valence-corrected chi connectivity index (χ1v) is 9.29. The van der Waals surface area contributed by atoms with E-state index in [1.54, 1.807) is 13.4 Å². The quantitative estimate of drug-likeness (QED) is 0.443. The Bertz CT molecular complexity index is 1110. The molecular formula is C24H21N3O2. The summed E-state index contributed by atoms with van der Waals surface area (Å²) in [5, 5.41) is 3.33. The van der Waals surface area contributed by atoms with Crippen LogP contribution in [0.25, 0.3) is 11.3 Å². The molecule has 0 unspecified atom stereocenters. The van der Waals surface area contributed by atoms with Gasteiger partial charge in [-0.15, -0.1) is 0 Å². The van der Waals surface area contributed by atoms with Gasteiger partial charge in [-0.3, -0.25) is 0 Å². The minimum atomic E-state index is 0.703. The predicted octanol–water partition coefficient (Wildman–Crippen LogP) is 6.00. The normalized spacial score (nSPS) is 10.4. The van der Waals surface area contributed by atoms with Crippen molar-refractivity contribution in [3.05, 3.63) is 90.8 Å². The second kappa shape index (κ2) is 8.44. The van der Waals surface area contributed by atoms with Crippen molar-refractivity contribution in [2.45, 2.75) is 6.92 Å². The van der Waals surface area contributed by atoms with Crippen LogP contribution in [-0.2, 0) is 0 Å². The first-order chi connectivity index (χ1) is 14.2. The number of nitrogens with zero attached hydrogens (tertiary/aromatic N) is 2. The third-order valence-corrected chi connectivity index (χ3v) is 4.47. The van der Waals surface area contributed by atoms with E-state index < -0.39 is 0 Å². The molecule has 0 aliphatic heterocycles. The van der Waals surface area contributed by atoms with Crippen LogP contribution in [0.3, 0.4) is 0 Å². The fourth-order valence-electron chi connectivity index (χ4n) is 3.06. The third kappa shape index (κ3) is 4.35. The lowest BCUT2D eigenvalue weighted by atomic mass is 10.1. The predicted molar refractivity (Wildman–Crippen MR) is 115 cm³/mol. The van der Waals surface area contributed by atoms with Crippen LogP contribution in [0.5, 0.6) is 17.2 Å². The second-order valence-electron chi connectivity index (χ2n) is 6.51. The first-order valence-electron chi connectivity index (χ1n) is 9.29. The van der Waals surface area contributed by atoms with Crippen LogP contribution >= 0.6 is 0 Å².